The molecule has 3 N–H and O–H groups in total. The minimum atomic E-state index is -0.407. The Kier molecular flexibility index (Phi) is 8.20. The molecule has 0 radical (unpaired) electrons. The van der Waals surface area contributed by atoms with Crippen molar-refractivity contribution in [3.05, 3.63) is 54.4 Å². The third-order valence-corrected chi connectivity index (χ3v) is 7.35. The Hall–Kier alpha value is -3.98. The average Bonchev–Trinajstić information content (AvgIpc) is 3.24. The molecule has 4 rings (SSSR count). The molecule has 3 aromatic rings. The van der Waals surface area contributed by atoms with Crippen molar-refractivity contribution < 1.29 is 14.3 Å². The van der Waals surface area contributed by atoms with E-state index in [4.69, 9.17) is 4.74 Å². The molecular weight excluding hydrogens is 492 g/mol. The van der Waals surface area contributed by atoms with Crippen LogP contribution in [0.4, 0.5) is 11.5 Å². The van der Waals surface area contributed by atoms with Gasteiger partial charge in [-0.1, -0.05) is 24.8 Å². The fraction of sp³-hybridized carbons (Fsp3) is 0.400. The number of rotatable bonds is 9. The summed E-state index contributed by atoms with van der Waals surface area (Å²) in [5.41, 5.74) is 5.80. The molecular formula is C30H38N6O3. The molecule has 9 nitrogen and oxygen atoms in total. The molecule has 206 valence electrons. The van der Waals surface area contributed by atoms with Gasteiger partial charge in [0, 0.05) is 50.5 Å². The van der Waals surface area contributed by atoms with Crippen molar-refractivity contribution in [3.8, 4) is 11.3 Å². The van der Waals surface area contributed by atoms with Crippen LogP contribution >= 0.6 is 0 Å². The predicted octanol–water partition coefficient (Wildman–Crippen LogP) is 4.92. The van der Waals surface area contributed by atoms with Crippen LogP contribution in [0.3, 0.4) is 0 Å². The van der Waals surface area contributed by atoms with Gasteiger partial charge in [0.15, 0.2) is 0 Å². The Labute approximate surface area is 229 Å². The van der Waals surface area contributed by atoms with Gasteiger partial charge < -0.3 is 25.3 Å². The summed E-state index contributed by atoms with van der Waals surface area (Å²) in [6.45, 7) is 9.76. The maximum absolute atomic E-state index is 12.9. The molecule has 2 amide bonds. The maximum atomic E-state index is 12.9. The highest BCUT2D eigenvalue weighted by Crippen LogP contribution is 2.43. The number of hydrogen-bond acceptors (Lipinski definition) is 6. The van der Waals surface area contributed by atoms with E-state index in [1.54, 1.807) is 20.4 Å². The molecule has 2 heterocycles. The molecule has 0 bridgehead atoms. The highest BCUT2D eigenvalue weighted by molar-refractivity contribution is 6.05. The van der Waals surface area contributed by atoms with Gasteiger partial charge >= 0.3 is 0 Å². The first kappa shape index (κ1) is 28.0. The lowest BCUT2D eigenvalue weighted by atomic mass is 9.84. The van der Waals surface area contributed by atoms with E-state index in [-0.39, 0.29) is 17.7 Å². The minimum absolute atomic E-state index is 0.0558. The zero-order valence-electron chi connectivity index (χ0n) is 23.6. The standard InChI is InChI=1S/C30H38N6O3/c1-18(2)28(37)35-22-14-12-20(13-15-22)25-23(24-26(31-5)33-17-34-27(24)36(25)6)19-8-10-21(11-9-19)29(38)32-16-30(3,4)39-7/h8,12-15,17,21H,1,9-11,16H2,2-7H3,(H,32,38)(H,35,37)(H,31,33,34)/t21-/m0/s1. The van der Waals surface area contributed by atoms with Crippen LogP contribution in [0.15, 0.2) is 48.8 Å². The lowest BCUT2D eigenvalue weighted by Crippen LogP contribution is -2.42. The topological polar surface area (TPSA) is 110 Å². The largest absolute Gasteiger partial charge is 0.377 e. The van der Waals surface area contributed by atoms with Gasteiger partial charge in [0.05, 0.1) is 16.7 Å². The summed E-state index contributed by atoms with van der Waals surface area (Å²) < 4.78 is 7.52. The van der Waals surface area contributed by atoms with Crippen LogP contribution in [0.1, 0.15) is 45.6 Å². The Morgan fingerprint density at radius 3 is 2.51 bits per heavy atom. The van der Waals surface area contributed by atoms with Gasteiger partial charge in [0.2, 0.25) is 5.91 Å². The molecule has 0 aliphatic heterocycles. The van der Waals surface area contributed by atoms with Crippen molar-refractivity contribution >= 4 is 39.9 Å². The van der Waals surface area contributed by atoms with Crippen molar-refractivity contribution in [3.63, 3.8) is 0 Å². The highest BCUT2D eigenvalue weighted by atomic mass is 16.5. The van der Waals surface area contributed by atoms with Crippen LogP contribution in [0, 0.1) is 5.92 Å². The van der Waals surface area contributed by atoms with Crippen molar-refractivity contribution in [2.24, 2.45) is 13.0 Å². The smallest absolute Gasteiger partial charge is 0.250 e. The number of methoxy groups -OCH3 is 1. The fourth-order valence-electron chi connectivity index (χ4n) is 4.86. The number of benzene rings is 1. The number of aryl methyl sites for hydroxylation is 1. The molecule has 1 aromatic carbocycles. The van der Waals surface area contributed by atoms with Gasteiger partial charge in [-0.05, 0) is 63.3 Å². The quantitative estimate of drug-likeness (QED) is 0.339. The second-order valence-electron chi connectivity index (χ2n) is 10.6. The number of nitrogens with zero attached hydrogens (tertiary/aromatic N) is 3. The first-order valence-corrected chi connectivity index (χ1v) is 13.2. The van der Waals surface area contributed by atoms with Crippen molar-refractivity contribution in [2.75, 3.05) is 31.3 Å². The third kappa shape index (κ3) is 5.88. The summed E-state index contributed by atoms with van der Waals surface area (Å²) in [4.78, 5) is 34.1. The van der Waals surface area contributed by atoms with Crippen LogP contribution in [0.2, 0.25) is 0 Å². The number of aromatic nitrogens is 3. The number of allylic oxidation sites excluding steroid dienone is 2. The van der Waals surface area contributed by atoms with E-state index in [2.05, 4.69) is 43.1 Å². The van der Waals surface area contributed by atoms with Gasteiger partial charge in [-0.2, -0.15) is 0 Å². The van der Waals surface area contributed by atoms with Gasteiger partial charge in [-0.3, -0.25) is 9.59 Å². The summed E-state index contributed by atoms with van der Waals surface area (Å²) in [6, 6.07) is 7.77. The monoisotopic (exact) mass is 530 g/mol. The van der Waals surface area contributed by atoms with E-state index in [1.165, 1.54) is 5.57 Å². The number of amides is 2. The summed E-state index contributed by atoms with van der Waals surface area (Å²) in [6.07, 6.45) is 5.90. The fourth-order valence-corrected chi connectivity index (χ4v) is 4.86. The molecule has 0 saturated heterocycles. The van der Waals surface area contributed by atoms with Crippen LogP contribution < -0.4 is 16.0 Å². The van der Waals surface area contributed by atoms with Gasteiger partial charge in [0.1, 0.15) is 17.8 Å². The second-order valence-corrected chi connectivity index (χ2v) is 10.6. The second kappa shape index (κ2) is 11.4. The van der Waals surface area contributed by atoms with E-state index < -0.39 is 5.60 Å². The normalized spacial score (nSPS) is 15.5. The highest BCUT2D eigenvalue weighted by Gasteiger charge is 2.29. The number of nitrogens with one attached hydrogen (secondary N) is 3. The van der Waals surface area contributed by atoms with E-state index in [0.717, 1.165) is 46.5 Å². The zero-order chi connectivity index (χ0) is 28.3. The average molecular weight is 531 g/mol. The Balaban J connectivity index is 1.70. The lowest BCUT2D eigenvalue weighted by molar-refractivity contribution is -0.126. The third-order valence-electron chi connectivity index (χ3n) is 7.35. The molecule has 0 unspecified atom stereocenters. The Morgan fingerprint density at radius 2 is 1.92 bits per heavy atom. The van der Waals surface area contributed by atoms with Gasteiger partial charge in [-0.15, -0.1) is 0 Å². The van der Waals surface area contributed by atoms with Crippen molar-refractivity contribution in [1.82, 2.24) is 19.9 Å². The molecule has 1 aliphatic rings. The van der Waals surface area contributed by atoms with E-state index in [0.29, 0.717) is 24.2 Å². The van der Waals surface area contributed by atoms with Crippen molar-refractivity contribution in [2.45, 2.75) is 45.6 Å². The number of carbonyl (C=O) groups is 2. The predicted molar refractivity (Wildman–Crippen MR) is 156 cm³/mol. The number of fused-ring (bicyclic) bond motifs is 1. The molecule has 0 spiro atoms. The Bertz CT molecular complexity index is 1440. The number of ether oxygens (including phenoxy) is 1. The molecule has 1 atom stereocenters. The first-order chi connectivity index (χ1) is 18.6. The number of carbonyl (C=O) groups excluding carboxylic acids is 2. The molecule has 39 heavy (non-hydrogen) atoms. The zero-order valence-corrected chi connectivity index (χ0v) is 23.6. The van der Waals surface area contributed by atoms with Crippen LogP contribution in [0.25, 0.3) is 27.9 Å². The molecule has 9 heteroatoms. The number of hydrogen-bond donors (Lipinski definition) is 3. The van der Waals surface area contributed by atoms with Crippen LogP contribution in [-0.4, -0.2) is 52.7 Å². The first-order valence-electron chi connectivity index (χ1n) is 13.2. The maximum Gasteiger partial charge on any atom is 0.250 e. The summed E-state index contributed by atoms with van der Waals surface area (Å²) in [5.74, 6) is 0.514. The summed E-state index contributed by atoms with van der Waals surface area (Å²) >= 11 is 0. The molecule has 1 aliphatic carbocycles. The SMILES string of the molecule is C=C(C)C(=O)Nc1ccc(-c2c(C3=CC[C@H](C(=O)NCC(C)(C)OC)CC3)c3c(NC)ncnc3n2C)cc1. The van der Waals surface area contributed by atoms with Gasteiger partial charge in [-0.25, -0.2) is 9.97 Å². The summed E-state index contributed by atoms with van der Waals surface area (Å²) in [7, 11) is 5.51. The Morgan fingerprint density at radius 1 is 1.21 bits per heavy atom. The van der Waals surface area contributed by atoms with Crippen molar-refractivity contribution in [1.29, 1.82) is 0 Å². The molecule has 0 saturated carbocycles. The lowest BCUT2D eigenvalue weighted by Gasteiger charge is -2.26. The van der Waals surface area contributed by atoms with E-state index in [9.17, 15) is 9.59 Å². The molecule has 0 fully saturated rings. The summed E-state index contributed by atoms with van der Waals surface area (Å²) in [5, 5.41) is 10.1. The number of anilines is 2. The molecule has 2 aromatic heterocycles. The van der Waals surface area contributed by atoms with Crippen LogP contribution in [0.5, 0.6) is 0 Å². The minimum Gasteiger partial charge on any atom is -0.377 e. The van der Waals surface area contributed by atoms with Gasteiger partial charge in [0.25, 0.3) is 5.91 Å². The van der Waals surface area contributed by atoms with E-state index >= 15 is 0 Å². The van der Waals surface area contributed by atoms with E-state index in [1.807, 2.05) is 52.2 Å². The van der Waals surface area contributed by atoms with Crippen LogP contribution in [-0.2, 0) is 21.4 Å².